The van der Waals surface area contributed by atoms with Gasteiger partial charge in [0.15, 0.2) is 5.16 Å². The summed E-state index contributed by atoms with van der Waals surface area (Å²) in [4.78, 5) is 22.1. The zero-order valence-electron chi connectivity index (χ0n) is 9.51. The molecule has 1 heterocycles. The van der Waals surface area contributed by atoms with Gasteiger partial charge in [0.25, 0.3) is 0 Å². The Kier molecular flexibility index (Phi) is 3.61. The molecule has 0 spiro atoms. The maximum atomic E-state index is 13.7. The highest BCUT2D eigenvalue weighted by atomic mass is 32.2. The van der Waals surface area contributed by atoms with Gasteiger partial charge in [-0.05, 0) is 30.8 Å². The van der Waals surface area contributed by atoms with E-state index in [0.717, 1.165) is 17.8 Å². The number of H-pyrrole nitrogens is 1. The van der Waals surface area contributed by atoms with Gasteiger partial charge in [-0.25, -0.2) is 14.3 Å². The summed E-state index contributed by atoms with van der Waals surface area (Å²) in [7, 11) is 0. The monoisotopic (exact) mass is 267 g/mol. The highest BCUT2D eigenvalue weighted by molar-refractivity contribution is 7.99. The Balaban J connectivity index is 2.34. The van der Waals surface area contributed by atoms with Crippen molar-refractivity contribution in [2.24, 2.45) is 0 Å². The molecule has 0 radical (unpaired) electrons. The predicted molar refractivity (Wildman–Crippen MR) is 64.4 cm³/mol. The minimum absolute atomic E-state index is 0.270. The minimum atomic E-state index is -0.511. The van der Waals surface area contributed by atoms with Gasteiger partial charge in [0.2, 0.25) is 0 Å². The molecule has 94 valence electrons. The second-order valence-corrected chi connectivity index (χ2v) is 4.47. The van der Waals surface area contributed by atoms with Gasteiger partial charge in [0.1, 0.15) is 12.1 Å². The van der Waals surface area contributed by atoms with Crippen LogP contribution in [0.15, 0.2) is 33.0 Å². The van der Waals surface area contributed by atoms with E-state index in [1.165, 1.54) is 16.7 Å². The van der Waals surface area contributed by atoms with Gasteiger partial charge in [-0.3, -0.25) is 9.36 Å². The van der Waals surface area contributed by atoms with Gasteiger partial charge in [0, 0.05) is 12.1 Å². The number of carbonyl (C=O) groups excluding carboxylic acids is 1. The zero-order chi connectivity index (χ0) is 13.1. The minimum Gasteiger partial charge on any atom is -0.298 e. The Hall–Kier alpha value is -1.89. The fraction of sp³-hybridized carbons (Fsp3) is 0.182. The summed E-state index contributed by atoms with van der Waals surface area (Å²) in [6.45, 7) is 2.25. The molecule has 0 aliphatic rings. The number of benzene rings is 1. The van der Waals surface area contributed by atoms with Crippen LogP contribution in [0.5, 0.6) is 0 Å². The van der Waals surface area contributed by atoms with E-state index in [-0.39, 0.29) is 11.3 Å². The molecule has 0 aliphatic heterocycles. The lowest BCUT2D eigenvalue weighted by molar-refractivity contribution is 0.112. The van der Waals surface area contributed by atoms with E-state index in [1.807, 2.05) is 0 Å². The number of carbonyl (C=O) groups is 1. The van der Waals surface area contributed by atoms with E-state index >= 15 is 0 Å². The molecular formula is C11H10FN3O2S. The first-order valence-corrected chi connectivity index (χ1v) is 6.05. The van der Waals surface area contributed by atoms with Crippen molar-refractivity contribution < 1.29 is 9.18 Å². The first kappa shape index (κ1) is 12.6. The molecule has 0 aliphatic carbocycles. The van der Waals surface area contributed by atoms with Crippen LogP contribution in [0, 0.1) is 5.82 Å². The number of aromatic amines is 1. The van der Waals surface area contributed by atoms with Crippen LogP contribution in [-0.2, 0) is 6.54 Å². The molecule has 1 aromatic carbocycles. The molecule has 0 saturated heterocycles. The fourth-order valence-corrected chi connectivity index (χ4v) is 2.33. The number of halogens is 1. The molecule has 18 heavy (non-hydrogen) atoms. The van der Waals surface area contributed by atoms with Crippen LogP contribution in [0.2, 0.25) is 0 Å². The second-order valence-electron chi connectivity index (χ2n) is 3.47. The Morgan fingerprint density at radius 2 is 2.33 bits per heavy atom. The largest absolute Gasteiger partial charge is 0.343 e. The van der Waals surface area contributed by atoms with E-state index < -0.39 is 5.82 Å². The number of aldehydes is 1. The van der Waals surface area contributed by atoms with Crippen molar-refractivity contribution in [2.45, 2.75) is 23.5 Å². The van der Waals surface area contributed by atoms with Crippen LogP contribution in [0.4, 0.5) is 4.39 Å². The van der Waals surface area contributed by atoms with E-state index in [4.69, 9.17) is 0 Å². The lowest BCUT2D eigenvalue weighted by Gasteiger charge is -2.03. The zero-order valence-corrected chi connectivity index (χ0v) is 10.3. The molecule has 2 aromatic rings. The highest BCUT2D eigenvalue weighted by Crippen LogP contribution is 2.27. The Morgan fingerprint density at radius 1 is 1.56 bits per heavy atom. The van der Waals surface area contributed by atoms with Crippen molar-refractivity contribution in [1.82, 2.24) is 14.8 Å². The van der Waals surface area contributed by atoms with Crippen LogP contribution < -0.4 is 5.69 Å². The van der Waals surface area contributed by atoms with Crippen molar-refractivity contribution >= 4 is 18.0 Å². The normalized spacial score (nSPS) is 10.6. The molecule has 0 bridgehead atoms. The molecular weight excluding hydrogens is 257 g/mol. The molecule has 0 fully saturated rings. The van der Waals surface area contributed by atoms with E-state index in [0.29, 0.717) is 22.9 Å². The topological polar surface area (TPSA) is 67.8 Å². The molecule has 1 aromatic heterocycles. The van der Waals surface area contributed by atoms with E-state index in [9.17, 15) is 14.0 Å². The van der Waals surface area contributed by atoms with Crippen LogP contribution in [0.25, 0.3) is 0 Å². The average molecular weight is 267 g/mol. The first-order valence-electron chi connectivity index (χ1n) is 5.23. The molecule has 0 unspecified atom stereocenters. The van der Waals surface area contributed by atoms with Crippen molar-refractivity contribution in [2.75, 3.05) is 0 Å². The standard InChI is InChI=1S/C11H10FN3O2S/c1-2-15-10(17)13-14-11(15)18-9-4-3-7(6-16)5-8(9)12/h3-6H,2H2,1H3,(H,13,17). The number of hydrogen-bond donors (Lipinski definition) is 1. The predicted octanol–water partition coefficient (Wildman–Crippen LogP) is 1.69. The lowest BCUT2D eigenvalue weighted by Crippen LogP contribution is -2.16. The summed E-state index contributed by atoms with van der Waals surface area (Å²) in [5, 5.41) is 6.52. The van der Waals surface area contributed by atoms with Crippen LogP contribution >= 0.6 is 11.8 Å². The Bertz CT molecular complexity index is 635. The number of hydrogen-bond acceptors (Lipinski definition) is 4. The van der Waals surface area contributed by atoms with Gasteiger partial charge in [-0.2, -0.15) is 0 Å². The molecule has 5 nitrogen and oxygen atoms in total. The Labute approximate surface area is 106 Å². The second kappa shape index (κ2) is 5.18. The van der Waals surface area contributed by atoms with Crippen molar-refractivity contribution in [3.8, 4) is 0 Å². The van der Waals surface area contributed by atoms with Crippen molar-refractivity contribution in [1.29, 1.82) is 0 Å². The summed E-state index contributed by atoms with van der Waals surface area (Å²) in [6.07, 6.45) is 0.577. The van der Waals surface area contributed by atoms with Gasteiger partial charge in [0.05, 0.1) is 4.90 Å². The molecule has 0 atom stereocenters. The summed E-state index contributed by atoms with van der Waals surface area (Å²) < 4.78 is 15.1. The van der Waals surface area contributed by atoms with Crippen molar-refractivity contribution in [3.63, 3.8) is 0 Å². The maximum absolute atomic E-state index is 13.7. The maximum Gasteiger partial charge on any atom is 0.343 e. The lowest BCUT2D eigenvalue weighted by atomic mass is 10.2. The van der Waals surface area contributed by atoms with Crippen LogP contribution in [0.1, 0.15) is 17.3 Å². The third-order valence-electron chi connectivity index (χ3n) is 2.33. The third kappa shape index (κ3) is 2.35. The van der Waals surface area contributed by atoms with E-state index in [1.54, 1.807) is 6.92 Å². The van der Waals surface area contributed by atoms with Gasteiger partial charge >= 0.3 is 5.69 Å². The Morgan fingerprint density at radius 3 is 2.94 bits per heavy atom. The molecule has 0 amide bonds. The summed E-state index contributed by atoms with van der Waals surface area (Å²) in [6, 6.07) is 4.15. The number of nitrogens with one attached hydrogen (secondary N) is 1. The van der Waals surface area contributed by atoms with Crippen LogP contribution in [0.3, 0.4) is 0 Å². The highest BCUT2D eigenvalue weighted by Gasteiger charge is 2.11. The number of nitrogens with zero attached hydrogens (tertiary/aromatic N) is 2. The average Bonchev–Trinajstić information content (AvgIpc) is 2.72. The summed E-state index contributed by atoms with van der Waals surface area (Å²) in [5.74, 6) is -0.511. The quantitative estimate of drug-likeness (QED) is 0.856. The van der Waals surface area contributed by atoms with Crippen LogP contribution in [-0.4, -0.2) is 21.1 Å². The van der Waals surface area contributed by atoms with Gasteiger partial charge < -0.3 is 0 Å². The van der Waals surface area contributed by atoms with Gasteiger partial charge in [-0.15, -0.1) is 5.10 Å². The van der Waals surface area contributed by atoms with Gasteiger partial charge in [-0.1, -0.05) is 6.07 Å². The van der Waals surface area contributed by atoms with Crippen molar-refractivity contribution in [3.05, 3.63) is 40.1 Å². The molecule has 1 N–H and O–H groups in total. The molecule has 0 saturated carbocycles. The third-order valence-corrected chi connectivity index (χ3v) is 3.38. The number of rotatable bonds is 4. The summed E-state index contributed by atoms with van der Waals surface area (Å²) in [5.41, 5.74) is -0.0586. The molecule has 7 heteroatoms. The SMILES string of the molecule is CCn1c(Sc2ccc(C=O)cc2F)n[nH]c1=O. The summed E-state index contributed by atoms with van der Waals surface area (Å²) >= 11 is 1.04. The number of aromatic nitrogens is 3. The smallest absolute Gasteiger partial charge is 0.298 e. The first-order chi connectivity index (χ1) is 8.65. The fourth-order valence-electron chi connectivity index (χ4n) is 1.43. The van der Waals surface area contributed by atoms with E-state index in [2.05, 4.69) is 10.2 Å². The molecule has 2 rings (SSSR count).